The summed E-state index contributed by atoms with van der Waals surface area (Å²) < 4.78 is 5.70. The number of hydrogen-bond donors (Lipinski definition) is 0. The average molecular weight is 509 g/mol. The Kier molecular flexibility index (Phi) is 6.46. The van der Waals surface area contributed by atoms with Crippen molar-refractivity contribution in [1.82, 2.24) is 14.9 Å². The number of rotatable bonds is 5. The second kappa shape index (κ2) is 9.44. The smallest absolute Gasteiger partial charge is 0.410 e. The van der Waals surface area contributed by atoms with Gasteiger partial charge in [-0.15, -0.1) is 0 Å². The van der Waals surface area contributed by atoms with Crippen LogP contribution in [-0.4, -0.2) is 59.3 Å². The molecule has 1 atom stereocenters. The van der Waals surface area contributed by atoms with Gasteiger partial charge in [0.15, 0.2) is 0 Å². The molecule has 9 heteroatoms. The van der Waals surface area contributed by atoms with Crippen LogP contribution in [0, 0.1) is 17.2 Å². The summed E-state index contributed by atoms with van der Waals surface area (Å²) in [5.41, 5.74) is 2.85. The van der Waals surface area contributed by atoms with E-state index >= 15 is 0 Å². The molecule has 1 aliphatic heterocycles. The summed E-state index contributed by atoms with van der Waals surface area (Å²) in [7, 11) is 1.97. The number of ether oxygens (including phenoxy) is 1. The van der Waals surface area contributed by atoms with Crippen molar-refractivity contribution in [3.05, 3.63) is 40.8 Å². The molecule has 1 amide bonds. The van der Waals surface area contributed by atoms with Gasteiger partial charge >= 0.3 is 6.09 Å². The van der Waals surface area contributed by atoms with Crippen LogP contribution in [0.1, 0.15) is 63.6 Å². The second-order valence-electron chi connectivity index (χ2n) is 11.1. The average Bonchev–Trinajstić information content (AvgIpc) is 3.75. The van der Waals surface area contributed by atoms with Crippen molar-refractivity contribution in [2.75, 3.05) is 36.5 Å². The molecular formula is C27H33ClN6O2. The minimum atomic E-state index is -0.530. The number of hydrogen-bond acceptors (Lipinski definition) is 7. The van der Waals surface area contributed by atoms with Crippen molar-refractivity contribution in [2.45, 2.75) is 64.0 Å². The summed E-state index contributed by atoms with van der Waals surface area (Å²) in [6.07, 6.45) is 5.84. The van der Waals surface area contributed by atoms with E-state index in [-0.39, 0.29) is 12.1 Å². The minimum absolute atomic E-state index is 0.0626. The number of piperazine rings is 1. The maximum absolute atomic E-state index is 13.0. The fraction of sp³-hybridized carbons (Fsp3) is 0.556. The molecule has 3 fully saturated rings. The van der Waals surface area contributed by atoms with Crippen LogP contribution in [-0.2, 0) is 4.74 Å². The summed E-state index contributed by atoms with van der Waals surface area (Å²) in [6.45, 7) is 7.52. The van der Waals surface area contributed by atoms with Crippen LogP contribution < -0.4 is 9.80 Å². The first-order chi connectivity index (χ1) is 17.1. The van der Waals surface area contributed by atoms with Gasteiger partial charge in [0, 0.05) is 44.5 Å². The van der Waals surface area contributed by atoms with Gasteiger partial charge < -0.3 is 19.4 Å². The second-order valence-corrected chi connectivity index (χ2v) is 11.5. The Morgan fingerprint density at radius 3 is 2.58 bits per heavy atom. The van der Waals surface area contributed by atoms with Crippen molar-refractivity contribution in [2.24, 2.45) is 5.92 Å². The summed E-state index contributed by atoms with van der Waals surface area (Å²) in [5.74, 6) is 1.57. The van der Waals surface area contributed by atoms with E-state index in [4.69, 9.17) is 21.3 Å². The zero-order valence-corrected chi connectivity index (χ0v) is 22.1. The summed E-state index contributed by atoms with van der Waals surface area (Å²) in [4.78, 5) is 28.3. The Hall–Kier alpha value is -3.05. The highest BCUT2D eigenvalue weighted by molar-refractivity contribution is 6.29. The van der Waals surface area contributed by atoms with E-state index in [9.17, 15) is 10.1 Å². The number of nitrogens with zero attached hydrogens (tertiary/aromatic N) is 6. The highest BCUT2D eigenvalue weighted by Gasteiger charge is 2.43. The molecule has 190 valence electrons. The van der Waals surface area contributed by atoms with Gasteiger partial charge in [-0.05, 0) is 70.6 Å². The number of pyridine rings is 2. The lowest BCUT2D eigenvalue weighted by Gasteiger charge is -2.42. The standard InChI is InChI=1S/C27H33ClN6O2/c1-27(2,3)36-26(35)34-12-11-33(16-22(34)17-5-6-17)25-19(15-29)13-21(24(31-25)18-7-8-18)32(4)20-9-10-30-23(28)14-20/h9-10,13-14,17-18,22H,5-8,11-12,16H2,1-4H3. The molecular weight excluding hydrogens is 476 g/mol. The van der Waals surface area contributed by atoms with E-state index in [1.54, 1.807) is 6.20 Å². The maximum atomic E-state index is 13.0. The lowest BCUT2D eigenvalue weighted by molar-refractivity contribution is 0.0116. The van der Waals surface area contributed by atoms with Crippen LogP contribution in [0.15, 0.2) is 24.4 Å². The quantitative estimate of drug-likeness (QED) is 0.494. The zero-order valence-electron chi connectivity index (χ0n) is 21.4. The Balaban J connectivity index is 1.45. The van der Waals surface area contributed by atoms with E-state index in [0.29, 0.717) is 42.2 Å². The SMILES string of the molecule is CN(c1ccnc(Cl)c1)c1cc(C#N)c(N2CCN(C(=O)OC(C)(C)C)C(C3CC3)C2)nc1C1CC1. The third-order valence-electron chi connectivity index (χ3n) is 7.07. The molecule has 1 unspecified atom stereocenters. The Bertz CT molecular complexity index is 1200. The molecule has 36 heavy (non-hydrogen) atoms. The Morgan fingerprint density at radius 1 is 1.22 bits per heavy atom. The molecule has 2 saturated carbocycles. The molecule has 0 spiro atoms. The minimum Gasteiger partial charge on any atom is -0.444 e. The van der Waals surface area contributed by atoms with Crippen molar-refractivity contribution < 1.29 is 9.53 Å². The van der Waals surface area contributed by atoms with E-state index in [2.05, 4.69) is 16.0 Å². The first kappa shape index (κ1) is 24.6. The number of anilines is 3. The monoisotopic (exact) mass is 508 g/mol. The zero-order chi connectivity index (χ0) is 25.6. The van der Waals surface area contributed by atoms with Gasteiger partial charge in [0.05, 0.1) is 23.0 Å². The highest BCUT2D eigenvalue weighted by atomic mass is 35.5. The van der Waals surface area contributed by atoms with Crippen molar-refractivity contribution in [3.63, 3.8) is 0 Å². The molecule has 8 nitrogen and oxygen atoms in total. The largest absolute Gasteiger partial charge is 0.444 e. The van der Waals surface area contributed by atoms with Gasteiger partial charge in [0.25, 0.3) is 0 Å². The summed E-state index contributed by atoms with van der Waals surface area (Å²) >= 11 is 6.14. The molecule has 2 aromatic rings. The summed E-state index contributed by atoms with van der Waals surface area (Å²) in [6, 6.07) is 8.12. The maximum Gasteiger partial charge on any atom is 0.410 e. The molecule has 1 saturated heterocycles. The van der Waals surface area contributed by atoms with Crippen molar-refractivity contribution in [3.8, 4) is 6.07 Å². The number of amides is 1. The molecule has 3 aliphatic rings. The van der Waals surface area contributed by atoms with Crippen molar-refractivity contribution in [1.29, 1.82) is 5.26 Å². The van der Waals surface area contributed by atoms with Gasteiger partial charge in [-0.2, -0.15) is 5.26 Å². The normalized spacial score (nSPS) is 20.2. The Labute approximate surface area is 217 Å². The summed E-state index contributed by atoms with van der Waals surface area (Å²) in [5, 5.41) is 10.5. The van der Waals surface area contributed by atoms with Crippen LogP contribution in [0.2, 0.25) is 5.15 Å². The fourth-order valence-corrected chi connectivity index (χ4v) is 5.10. The van der Waals surface area contributed by atoms with Crippen LogP contribution in [0.3, 0.4) is 0 Å². The highest BCUT2D eigenvalue weighted by Crippen LogP contribution is 2.46. The van der Waals surface area contributed by atoms with Crippen LogP contribution in [0.5, 0.6) is 0 Å². The van der Waals surface area contributed by atoms with Crippen LogP contribution >= 0.6 is 11.6 Å². The molecule has 2 aliphatic carbocycles. The van der Waals surface area contributed by atoms with Gasteiger partial charge in [-0.3, -0.25) is 0 Å². The third kappa shape index (κ3) is 5.22. The van der Waals surface area contributed by atoms with Gasteiger partial charge in [-0.1, -0.05) is 11.6 Å². The number of halogens is 1. The lowest BCUT2D eigenvalue weighted by atomic mass is 10.1. The molecule has 3 heterocycles. The van der Waals surface area contributed by atoms with Crippen molar-refractivity contribution >= 4 is 34.9 Å². The number of aromatic nitrogens is 2. The molecule has 0 radical (unpaired) electrons. The molecule has 0 aromatic carbocycles. The van der Waals surface area contributed by atoms with Gasteiger partial charge in [-0.25, -0.2) is 14.8 Å². The molecule has 0 N–H and O–H groups in total. The van der Waals surface area contributed by atoms with E-state index in [0.717, 1.165) is 48.6 Å². The van der Waals surface area contributed by atoms with E-state index in [1.807, 2.05) is 55.8 Å². The number of nitriles is 1. The molecule has 2 aromatic heterocycles. The Morgan fingerprint density at radius 2 is 1.97 bits per heavy atom. The topological polar surface area (TPSA) is 85.6 Å². The predicted octanol–water partition coefficient (Wildman–Crippen LogP) is 5.48. The molecule has 5 rings (SSSR count). The van der Waals surface area contributed by atoms with Crippen LogP contribution in [0.4, 0.5) is 22.0 Å². The van der Waals surface area contributed by atoms with E-state index in [1.165, 1.54) is 0 Å². The third-order valence-corrected chi connectivity index (χ3v) is 7.27. The lowest BCUT2D eigenvalue weighted by Crippen LogP contribution is -2.57. The first-order valence-corrected chi connectivity index (χ1v) is 13.1. The first-order valence-electron chi connectivity index (χ1n) is 12.7. The van der Waals surface area contributed by atoms with Gasteiger partial charge in [0.2, 0.25) is 0 Å². The predicted molar refractivity (Wildman–Crippen MR) is 140 cm³/mol. The van der Waals surface area contributed by atoms with E-state index < -0.39 is 5.60 Å². The number of carbonyl (C=O) groups excluding carboxylic acids is 1. The number of carbonyl (C=O) groups is 1. The molecule has 0 bridgehead atoms. The van der Waals surface area contributed by atoms with Crippen LogP contribution in [0.25, 0.3) is 0 Å². The van der Waals surface area contributed by atoms with Gasteiger partial charge in [0.1, 0.15) is 22.6 Å². The fourth-order valence-electron chi connectivity index (χ4n) is 4.93.